The Hall–Kier alpha value is 0. The highest BCUT2D eigenvalue weighted by atomic mass is 14.6. The average molecular weight is 176 g/mol. The Morgan fingerprint density at radius 2 is 1.23 bits per heavy atom. The van der Waals surface area contributed by atoms with Crippen LogP contribution in [0.3, 0.4) is 0 Å². The summed E-state index contributed by atoms with van der Waals surface area (Å²) in [5.74, 6) is 4.73. The molecule has 0 aliphatic heterocycles. The van der Waals surface area contributed by atoms with Crippen LogP contribution in [-0.4, -0.2) is 0 Å². The molecule has 13 heavy (non-hydrogen) atoms. The molecule has 0 radical (unpaired) electrons. The van der Waals surface area contributed by atoms with Crippen molar-refractivity contribution in [3.63, 3.8) is 0 Å². The van der Waals surface area contributed by atoms with Crippen molar-refractivity contribution in [2.24, 2.45) is 29.1 Å². The van der Waals surface area contributed by atoms with E-state index in [-0.39, 0.29) is 0 Å². The molecule has 0 saturated heterocycles. The van der Waals surface area contributed by atoms with Crippen LogP contribution in [0.2, 0.25) is 0 Å². The van der Waals surface area contributed by atoms with Gasteiger partial charge in [0.1, 0.15) is 0 Å². The van der Waals surface area contributed by atoms with Crippen molar-refractivity contribution in [2.75, 3.05) is 0 Å². The van der Waals surface area contributed by atoms with Gasteiger partial charge in [0.2, 0.25) is 0 Å². The SMILES string of the molecule is C1CC2(C1)C1CC3CC(C1)CC2C3. The van der Waals surface area contributed by atoms with Crippen LogP contribution in [0, 0.1) is 29.1 Å². The van der Waals surface area contributed by atoms with E-state index in [1.807, 2.05) is 0 Å². The van der Waals surface area contributed by atoms with Crippen molar-refractivity contribution in [3.05, 3.63) is 0 Å². The van der Waals surface area contributed by atoms with Gasteiger partial charge in [0.15, 0.2) is 0 Å². The predicted octanol–water partition coefficient (Wildman–Crippen LogP) is 3.61. The molecule has 0 amide bonds. The van der Waals surface area contributed by atoms with Crippen LogP contribution in [0.25, 0.3) is 0 Å². The summed E-state index contributed by atoms with van der Waals surface area (Å²) in [5.41, 5.74) is 0.924. The zero-order chi connectivity index (χ0) is 8.47. The summed E-state index contributed by atoms with van der Waals surface area (Å²) in [6.45, 7) is 0. The number of hydrogen-bond acceptors (Lipinski definition) is 0. The molecule has 4 bridgehead atoms. The summed E-state index contributed by atoms with van der Waals surface area (Å²) in [5, 5.41) is 0. The van der Waals surface area contributed by atoms with E-state index in [1.54, 1.807) is 51.4 Å². The van der Waals surface area contributed by atoms with E-state index in [1.165, 1.54) is 23.7 Å². The van der Waals surface area contributed by atoms with Crippen molar-refractivity contribution in [1.82, 2.24) is 0 Å². The first kappa shape index (κ1) is 7.31. The predicted molar refractivity (Wildman–Crippen MR) is 53.3 cm³/mol. The fraction of sp³-hybridized carbons (Fsp3) is 1.00. The normalized spacial score (nSPS) is 55.4. The standard InChI is InChI=1S/C13H20/c1-2-13(3-1)11-5-9-4-10(7-11)8-12(13)6-9/h9-12H,1-8H2. The molecule has 1 spiro atoms. The summed E-state index contributed by atoms with van der Waals surface area (Å²) in [4.78, 5) is 0. The maximum absolute atomic E-state index is 1.63. The van der Waals surface area contributed by atoms with E-state index >= 15 is 0 Å². The lowest BCUT2D eigenvalue weighted by atomic mass is 9.40. The van der Waals surface area contributed by atoms with Gasteiger partial charge < -0.3 is 0 Å². The van der Waals surface area contributed by atoms with Crippen LogP contribution in [0.1, 0.15) is 51.4 Å². The first-order valence-corrected chi connectivity index (χ1v) is 6.37. The monoisotopic (exact) mass is 176 g/mol. The highest BCUT2D eigenvalue weighted by Crippen LogP contribution is 2.68. The molecule has 0 unspecified atom stereocenters. The first-order valence-electron chi connectivity index (χ1n) is 6.37. The van der Waals surface area contributed by atoms with Crippen molar-refractivity contribution in [1.29, 1.82) is 0 Å². The van der Waals surface area contributed by atoms with Gasteiger partial charge in [-0.25, -0.2) is 0 Å². The van der Waals surface area contributed by atoms with E-state index in [9.17, 15) is 0 Å². The lowest BCUT2D eigenvalue weighted by molar-refractivity contribution is -0.150. The Bertz CT molecular complexity index is 206. The molecule has 5 saturated carbocycles. The molecular weight excluding hydrogens is 156 g/mol. The summed E-state index contributed by atoms with van der Waals surface area (Å²) in [7, 11) is 0. The molecule has 72 valence electrons. The summed E-state index contributed by atoms with van der Waals surface area (Å²) in [6.07, 6.45) is 12.9. The second-order valence-corrected chi connectivity index (χ2v) is 6.39. The van der Waals surface area contributed by atoms with E-state index in [0.29, 0.717) is 0 Å². The molecular formula is C13H20. The van der Waals surface area contributed by atoms with Gasteiger partial charge in [-0.1, -0.05) is 6.42 Å². The van der Waals surface area contributed by atoms with Crippen LogP contribution in [0.4, 0.5) is 0 Å². The second-order valence-electron chi connectivity index (χ2n) is 6.39. The van der Waals surface area contributed by atoms with Crippen LogP contribution in [0.15, 0.2) is 0 Å². The maximum atomic E-state index is 1.63. The zero-order valence-electron chi connectivity index (χ0n) is 8.47. The van der Waals surface area contributed by atoms with Crippen LogP contribution >= 0.6 is 0 Å². The van der Waals surface area contributed by atoms with Crippen LogP contribution < -0.4 is 0 Å². The van der Waals surface area contributed by atoms with E-state index in [2.05, 4.69) is 0 Å². The van der Waals surface area contributed by atoms with E-state index < -0.39 is 0 Å². The average Bonchev–Trinajstić information content (AvgIpc) is 1.98. The Balaban J connectivity index is 1.74. The maximum Gasteiger partial charge on any atom is -0.0240 e. The van der Waals surface area contributed by atoms with Gasteiger partial charge in [-0.15, -0.1) is 0 Å². The van der Waals surface area contributed by atoms with Crippen LogP contribution in [0.5, 0.6) is 0 Å². The minimum Gasteiger partial charge on any atom is -0.0522 e. The molecule has 0 atom stereocenters. The Kier molecular flexibility index (Phi) is 1.21. The quantitative estimate of drug-likeness (QED) is 0.529. The molecule has 5 rings (SSSR count). The van der Waals surface area contributed by atoms with Gasteiger partial charge in [0.25, 0.3) is 0 Å². The van der Waals surface area contributed by atoms with Gasteiger partial charge in [-0.2, -0.15) is 0 Å². The second kappa shape index (κ2) is 2.15. The third-order valence-electron chi connectivity index (χ3n) is 6.05. The Morgan fingerprint density at radius 1 is 0.692 bits per heavy atom. The molecule has 0 heteroatoms. The van der Waals surface area contributed by atoms with Gasteiger partial charge in [0.05, 0.1) is 0 Å². The fourth-order valence-corrected chi connectivity index (χ4v) is 5.52. The summed E-state index contributed by atoms with van der Waals surface area (Å²) in [6, 6.07) is 0. The fourth-order valence-electron chi connectivity index (χ4n) is 5.52. The highest BCUT2D eigenvalue weighted by molar-refractivity contribution is 5.08. The van der Waals surface area contributed by atoms with Crippen molar-refractivity contribution >= 4 is 0 Å². The zero-order valence-corrected chi connectivity index (χ0v) is 8.47. The molecule has 0 heterocycles. The molecule has 0 nitrogen and oxygen atoms in total. The molecule has 5 fully saturated rings. The Morgan fingerprint density at radius 3 is 1.62 bits per heavy atom. The smallest absolute Gasteiger partial charge is 0.0240 e. The molecule has 0 aromatic carbocycles. The van der Waals surface area contributed by atoms with Gasteiger partial charge in [-0.3, -0.25) is 0 Å². The minimum absolute atomic E-state index is 0.924. The van der Waals surface area contributed by atoms with E-state index in [4.69, 9.17) is 0 Å². The van der Waals surface area contributed by atoms with Crippen molar-refractivity contribution < 1.29 is 0 Å². The van der Waals surface area contributed by atoms with Gasteiger partial charge in [0, 0.05) is 0 Å². The third kappa shape index (κ3) is 0.750. The summed E-state index contributed by atoms with van der Waals surface area (Å²) < 4.78 is 0. The largest absolute Gasteiger partial charge is 0.0522 e. The molecule has 0 N–H and O–H groups in total. The lowest BCUT2D eigenvalue weighted by Gasteiger charge is -2.65. The third-order valence-corrected chi connectivity index (χ3v) is 6.05. The topological polar surface area (TPSA) is 0 Å². The molecule has 0 aromatic rings. The molecule has 5 aliphatic rings. The highest BCUT2D eigenvalue weighted by Gasteiger charge is 2.58. The van der Waals surface area contributed by atoms with Crippen molar-refractivity contribution in [2.45, 2.75) is 51.4 Å². The minimum atomic E-state index is 0.924. The van der Waals surface area contributed by atoms with Crippen LogP contribution in [-0.2, 0) is 0 Å². The molecule has 5 aliphatic carbocycles. The number of rotatable bonds is 0. The van der Waals surface area contributed by atoms with Gasteiger partial charge >= 0.3 is 0 Å². The van der Waals surface area contributed by atoms with Gasteiger partial charge in [-0.05, 0) is 74.0 Å². The van der Waals surface area contributed by atoms with E-state index in [0.717, 1.165) is 5.41 Å². The van der Waals surface area contributed by atoms with Crippen molar-refractivity contribution in [3.8, 4) is 0 Å². The summed E-state index contributed by atoms with van der Waals surface area (Å²) >= 11 is 0. The molecule has 0 aromatic heterocycles. The Labute approximate surface area is 81.1 Å². The first-order chi connectivity index (χ1) is 6.37. The number of hydrogen-bond donors (Lipinski definition) is 0. The lowest BCUT2D eigenvalue weighted by Crippen LogP contribution is -2.55.